The van der Waals surface area contributed by atoms with Crippen molar-refractivity contribution in [1.82, 2.24) is 5.32 Å². The van der Waals surface area contributed by atoms with E-state index in [1.807, 2.05) is 42.5 Å². The number of halogens is 1. The van der Waals surface area contributed by atoms with Crippen molar-refractivity contribution in [3.05, 3.63) is 134 Å². The summed E-state index contributed by atoms with van der Waals surface area (Å²) in [5, 5.41) is 16.8. The Labute approximate surface area is 218 Å². The van der Waals surface area contributed by atoms with E-state index in [-0.39, 0.29) is 28.8 Å². The number of nitrogens with one attached hydrogen (secondary N) is 2. The van der Waals surface area contributed by atoms with E-state index >= 15 is 0 Å². The van der Waals surface area contributed by atoms with Crippen molar-refractivity contribution in [3.63, 3.8) is 0 Å². The monoisotopic (exact) mass is 515 g/mol. The van der Waals surface area contributed by atoms with Crippen LogP contribution in [0.4, 0.5) is 11.4 Å². The van der Waals surface area contributed by atoms with Crippen LogP contribution < -0.4 is 15.4 Å². The van der Waals surface area contributed by atoms with Gasteiger partial charge in [0.25, 0.3) is 17.5 Å². The highest BCUT2D eigenvalue weighted by Gasteiger charge is 2.17. The van der Waals surface area contributed by atoms with Gasteiger partial charge in [-0.3, -0.25) is 19.7 Å². The van der Waals surface area contributed by atoms with Crippen LogP contribution in [-0.2, 0) is 13.2 Å². The Balaban J connectivity index is 1.40. The summed E-state index contributed by atoms with van der Waals surface area (Å²) in [6.45, 7) is 0.573. The van der Waals surface area contributed by atoms with E-state index in [1.165, 1.54) is 12.1 Å². The molecule has 0 unspecified atom stereocenters. The predicted octanol–water partition coefficient (Wildman–Crippen LogP) is 6.01. The molecule has 0 spiro atoms. The highest BCUT2D eigenvalue weighted by atomic mass is 35.5. The van der Waals surface area contributed by atoms with E-state index in [1.54, 1.807) is 36.4 Å². The molecule has 9 heteroatoms. The van der Waals surface area contributed by atoms with Crippen molar-refractivity contribution < 1.29 is 19.2 Å². The molecule has 0 fully saturated rings. The topological polar surface area (TPSA) is 111 Å². The largest absolute Gasteiger partial charge is 0.487 e. The van der Waals surface area contributed by atoms with Crippen LogP contribution in [0.2, 0.25) is 5.02 Å². The molecule has 0 bridgehead atoms. The molecule has 0 atom stereocenters. The van der Waals surface area contributed by atoms with Gasteiger partial charge >= 0.3 is 0 Å². The third-order valence-corrected chi connectivity index (χ3v) is 5.75. The number of benzene rings is 4. The highest BCUT2D eigenvalue weighted by Crippen LogP contribution is 2.28. The Hall–Kier alpha value is -4.69. The average Bonchev–Trinajstić information content (AvgIpc) is 2.92. The Morgan fingerprint density at radius 2 is 1.57 bits per heavy atom. The minimum absolute atomic E-state index is 0.0177. The fourth-order valence-electron chi connectivity index (χ4n) is 3.55. The Morgan fingerprint density at radius 3 is 2.35 bits per heavy atom. The van der Waals surface area contributed by atoms with Gasteiger partial charge in [0, 0.05) is 24.2 Å². The SMILES string of the molecule is O=C(NCc1cccc(COc2ccccc2NC(=O)c2cc([N+](=O)[O-])ccc2Cl)c1)c1ccccc1. The Bertz CT molecular complexity index is 1440. The van der Waals surface area contributed by atoms with Crippen molar-refractivity contribution >= 4 is 34.8 Å². The van der Waals surface area contributed by atoms with Gasteiger partial charge in [0.05, 0.1) is 21.2 Å². The summed E-state index contributed by atoms with van der Waals surface area (Å²) < 4.78 is 5.96. The summed E-state index contributed by atoms with van der Waals surface area (Å²) in [6.07, 6.45) is 0. The maximum atomic E-state index is 12.8. The first-order valence-corrected chi connectivity index (χ1v) is 11.7. The van der Waals surface area contributed by atoms with E-state index in [9.17, 15) is 19.7 Å². The number of carbonyl (C=O) groups is 2. The van der Waals surface area contributed by atoms with E-state index in [0.717, 1.165) is 17.2 Å². The summed E-state index contributed by atoms with van der Waals surface area (Å²) in [7, 11) is 0. The lowest BCUT2D eigenvalue weighted by Crippen LogP contribution is -2.22. The molecular weight excluding hydrogens is 494 g/mol. The van der Waals surface area contributed by atoms with E-state index in [0.29, 0.717) is 23.5 Å². The van der Waals surface area contributed by atoms with Crippen LogP contribution in [0.3, 0.4) is 0 Å². The minimum atomic E-state index is -0.596. The van der Waals surface area contributed by atoms with Gasteiger partial charge in [0.1, 0.15) is 12.4 Å². The van der Waals surface area contributed by atoms with E-state index in [2.05, 4.69) is 10.6 Å². The van der Waals surface area contributed by atoms with Gasteiger partial charge in [-0.25, -0.2) is 0 Å². The molecule has 0 aromatic heterocycles. The van der Waals surface area contributed by atoms with Crippen molar-refractivity contribution in [1.29, 1.82) is 0 Å². The van der Waals surface area contributed by atoms with Gasteiger partial charge in [-0.2, -0.15) is 0 Å². The second-order valence-electron chi connectivity index (χ2n) is 8.03. The number of hydrogen-bond acceptors (Lipinski definition) is 5. The average molecular weight is 516 g/mol. The van der Waals surface area contributed by atoms with Gasteiger partial charge in [0.2, 0.25) is 0 Å². The summed E-state index contributed by atoms with van der Waals surface area (Å²) in [6, 6.07) is 27.1. The molecule has 0 saturated carbocycles. The molecule has 2 N–H and O–H groups in total. The molecule has 0 radical (unpaired) electrons. The zero-order valence-corrected chi connectivity index (χ0v) is 20.3. The number of amides is 2. The molecule has 4 aromatic rings. The van der Waals surface area contributed by atoms with Crippen LogP contribution in [0.5, 0.6) is 5.75 Å². The standard InChI is InChI=1S/C28H22ClN3O5/c29-24-14-13-22(32(35)36)16-23(24)28(34)31-25-11-4-5-12-26(25)37-18-20-8-6-7-19(15-20)17-30-27(33)21-9-2-1-3-10-21/h1-16H,17-18H2,(H,30,33)(H,31,34). The van der Waals surface area contributed by atoms with Gasteiger partial charge in [-0.1, -0.05) is 66.2 Å². The minimum Gasteiger partial charge on any atom is -0.487 e. The van der Waals surface area contributed by atoms with Crippen molar-refractivity contribution in [3.8, 4) is 5.75 Å². The summed E-state index contributed by atoms with van der Waals surface area (Å²) >= 11 is 6.10. The quantitative estimate of drug-likeness (QED) is 0.209. The van der Waals surface area contributed by atoms with Crippen molar-refractivity contribution in [2.45, 2.75) is 13.2 Å². The molecule has 4 aromatic carbocycles. The number of rotatable bonds is 9. The fraction of sp³-hybridized carbons (Fsp3) is 0.0714. The molecule has 2 amide bonds. The third-order valence-electron chi connectivity index (χ3n) is 5.42. The predicted molar refractivity (Wildman–Crippen MR) is 141 cm³/mol. The van der Waals surface area contributed by atoms with E-state index in [4.69, 9.17) is 16.3 Å². The van der Waals surface area contributed by atoms with Crippen LogP contribution in [0.1, 0.15) is 31.8 Å². The highest BCUT2D eigenvalue weighted by molar-refractivity contribution is 6.34. The number of nitrogens with zero attached hydrogens (tertiary/aromatic N) is 1. The lowest BCUT2D eigenvalue weighted by Gasteiger charge is -2.14. The first-order chi connectivity index (χ1) is 17.9. The summed E-state index contributed by atoms with van der Waals surface area (Å²) in [5.74, 6) is -0.336. The maximum Gasteiger partial charge on any atom is 0.270 e. The molecule has 186 valence electrons. The molecular formula is C28H22ClN3O5. The summed E-state index contributed by atoms with van der Waals surface area (Å²) in [4.78, 5) is 35.6. The molecule has 37 heavy (non-hydrogen) atoms. The number of anilines is 1. The number of non-ortho nitro benzene ring substituents is 1. The Morgan fingerprint density at radius 1 is 0.838 bits per heavy atom. The van der Waals surface area contributed by atoms with Crippen molar-refractivity contribution in [2.24, 2.45) is 0 Å². The number of hydrogen-bond donors (Lipinski definition) is 2. The van der Waals surface area contributed by atoms with Crippen LogP contribution in [0.25, 0.3) is 0 Å². The molecule has 0 aliphatic heterocycles. The molecule has 8 nitrogen and oxygen atoms in total. The zero-order chi connectivity index (χ0) is 26.2. The molecule has 0 aliphatic rings. The van der Waals surface area contributed by atoms with Gasteiger partial charge < -0.3 is 15.4 Å². The molecule has 4 rings (SSSR count). The first-order valence-electron chi connectivity index (χ1n) is 11.3. The molecule has 0 saturated heterocycles. The number of nitro groups is 1. The van der Waals surface area contributed by atoms with Crippen molar-refractivity contribution in [2.75, 3.05) is 5.32 Å². The number of carbonyl (C=O) groups excluding carboxylic acids is 2. The molecule has 0 aliphatic carbocycles. The normalized spacial score (nSPS) is 10.4. The Kier molecular flexibility index (Phi) is 8.12. The van der Waals surface area contributed by atoms with Gasteiger partial charge in [-0.15, -0.1) is 0 Å². The van der Waals surface area contributed by atoms with Crippen LogP contribution in [0.15, 0.2) is 97.1 Å². The second-order valence-corrected chi connectivity index (χ2v) is 8.44. The molecule has 0 heterocycles. The number of nitro benzene ring substituents is 1. The number of ether oxygens (including phenoxy) is 1. The first kappa shape index (κ1) is 25.4. The smallest absolute Gasteiger partial charge is 0.270 e. The lowest BCUT2D eigenvalue weighted by atomic mass is 10.1. The third kappa shape index (κ3) is 6.71. The fourth-order valence-corrected chi connectivity index (χ4v) is 3.75. The van der Waals surface area contributed by atoms with Crippen LogP contribution >= 0.6 is 11.6 Å². The number of para-hydroxylation sites is 2. The van der Waals surface area contributed by atoms with Gasteiger partial charge in [-0.05, 0) is 41.5 Å². The van der Waals surface area contributed by atoms with E-state index < -0.39 is 10.8 Å². The zero-order valence-electron chi connectivity index (χ0n) is 19.5. The van der Waals surface area contributed by atoms with Gasteiger partial charge in [0.15, 0.2) is 0 Å². The second kappa shape index (κ2) is 11.8. The van der Waals surface area contributed by atoms with Crippen LogP contribution in [-0.4, -0.2) is 16.7 Å². The lowest BCUT2D eigenvalue weighted by molar-refractivity contribution is -0.384. The van der Waals surface area contributed by atoms with Crippen LogP contribution in [0, 0.1) is 10.1 Å². The summed E-state index contributed by atoms with van der Waals surface area (Å²) in [5.41, 5.74) is 2.50. The maximum absolute atomic E-state index is 12.8.